The van der Waals surface area contributed by atoms with E-state index in [9.17, 15) is 9.18 Å². The van der Waals surface area contributed by atoms with E-state index < -0.39 is 0 Å². The van der Waals surface area contributed by atoms with E-state index in [-0.39, 0.29) is 17.4 Å². The number of anilines is 1. The molecule has 11 heteroatoms. The van der Waals surface area contributed by atoms with Crippen molar-refractivity contribution < 1.29 is 9.18 Å². The Hall–Kier alpha value is -3.24. The number of carbonyl (C=O) groups excluding carboxylic acids is 1. The average Bonchev–Trinajstić information content (AvgIpc) is 3.53. The number of benzene rings is 3. The molecule has 37 heavy (non-hydrogen) atoms. The van der Waals surface area contributed by atoms with Gasteiger partial charge in [-0.3, -0.25) is 9.36 Å². The molecule has 3 aromatic carbocycles. The first-order valence-electron chi connectivity index (χ1n) is 11.0. The first kappa shape index (κ1) is 25.4. The lowest BCUT2D eigenvalue weighted by Crippen LogP contribution is -2.12. The molecule has 0 aliphatic heterocycles. The molecule has 2 heterocycles. The van der Waals surface area contributed by atoms with Crippen LogP contribution in [0.3, 0.4) is 0 Å². The Labute approximate surface area is 230 Å². The summed E-state index contributed by atoms with van der Waals surface area (Å²) in [7, 11) is 0. The Bertz CT molecular complexity index is 1590. The zero-order valence-corrected chi connectivity index (χ0v) is 22.4. The van der Waals surface area contributed by atoms with Gasteiger partial charge in [-0.1, -0.05) is 53.2 Å². The Kier molecular flexibility index (Phi) is 7.57. The highest BCUT2D eigenvalue weighted by Crippen LogP contribution is 2.35. The van der Waals surface area contributed by atoms with Crippen molar-refractivity contribution in [3.05, 3.63) is 104 Å². The summed E-state index contributed by atoms with van der Waals surface area (Å²) in [4.78, 5) is 17.0. The molecule has 0 spiro atoms. The van der Waals surface area contributed by atoms with Crippen LogP contribution in [0.5, 0.6) is 0 Å². The van der Waals surface area contributed by atoms with Gasteiger partial charge in [0.15, 0.2) is 11.0 Å². The normalized spacial score (nSPS) is 11.0. The Morgan fingerprint density at radius 1 is 1.08 bits per heavy atom. The van der Waals surface area contributed by atoms with Crippen LogP contribution in [-0.2, 0) is 5.75 Å². The second-order valence-electron chi connectivity index (χ2n) is 7.93. The zero-order valence-electron chi connectivity index (χ0n) is 19.3. The Balaban J connectivity index is 1.40. The number of aromatic nitrogens is 4. The molecule has 0 saturated heterocycles. The molecule has 5 aromatic rings. The van der Waals surface area contributed by atoms with E-state index in [4.69, 9.17) is 23.2 Å². The second kappa shape index (κ2) is 11.0. The van der Waals surface area contributed by atoms with E-state index in [1.165, 1.54) is 47.4 Å². The quantitative estimate of drug-likeness (QED) is 0.203. The summed E-state index contributed by atoms with van der Waals surface area (Å²) in [5.74, 6) is 0.327. The van der Waals surface area contributed by atoms with Crippen LogP contribution in [0.15, 0.2) is 77.3 Å². The predicted octanol–water partition coefficient (Wildman–Crippen LogP) is 7.69. The molecule has 0 bridgehead atoms. The Morgan fingerprint density at radius 2 is 1.86 bits per heavy atom. The standard InChI is InChI=1S/C26H18Cl2FN5OS2/c1-15-6-7-16(27)12-22(15)34-24(19-4-2-3-5-20(19)28)32-33-26(34)37-14-23-31-21(13-36-23)25(35)30-18-10-8-17(29)9-11-18/h2-13H,14H2,1H3,(H,30,35). The number of thiazole rings is 1. The average molecular weight is 571 g/mol. The molecule has 0 saturated carbocycles. The molecule has 6 nitrogen and oxygen atoms in total. The Morgan fingerprint density at radius 3 is 2.65 bits per heavy atom. The first-order chi connectivity index (χ1) is 17.9. The fourth-order valence-electron chi connectivity index (χ4n) is 3.56. The zero-order chi connectivity index (χ0) is 25.9. The van der Waals surface area contributed by atoms with E-state index in [0.29, 0.717) is 32.5 Å². The molecule has 1 amide bonds. The molecule has 0 aliphatic carbocycles. The number of amides is 1. The number of hydrogen-bond donors (Lipinski definition) is 1. The number of aryl methyl sites for hydroxylation is 1. The lowest BCUT2D eigenvalue weighted by molar-refractivity contribution is 0.102. The summed E-state index contributed by atoms with van der Waals surface area (Å²) in [5, 5.41) is 15.8. The van der Waals surface area contributed by atoms with Gasteiger partial charge in [-0.15, -0.1) is 21.5 Å². The van der Waals surface area contributed by atoms with Gasteiger partial charge in [-0.25, -0.2) is 9.37 Å². The van der Waals surface area contributed by atoms with Gasteiger partial charge in [0.25, 0.3) is 5.91 Å². The minimum atomic E-state index is -0.371. The van der Waals surface area contributed by atoms with Crippen molar-refractivity contribution in [1.29, 1.82) is 0 Å². The summed E-state index contributed by atoms with van der Waals surface area (Å²) >= 11 is 15.6. The van der Waals surface area contributed by atoms with E-state index in [2.05, 4.69) is 20.5 Å². The molecule has 0 unspecified atom stereocenters. The highest BCUT2D eigenvalue weighted by atomic mass is 35.5. The van der Waals surface area contributed by atoms with Crippen LogP contribution >= 0.6 is 46.3 Å². The minimum absolute atomic E-state index is 0.286. The van der Waals surface area contributed by atoms with Gasteiger partial charge < -0.3 is 5.32 Å². The highest BCUT2D eigenvalue weighted by Gasteiger charge is 2.20. The van der Waals surface area contributed by atoms with Crippen molar-refractivity contribution in [2.75, 3.05) is 5.32 Å². The van der Waals surface area contributed by atoms with Crippen molar-refractivity contribution in [2.24, 2.45) is 0 Å². The molecular formula is C26H18Cl2FN5OS2. The maximum absolute atomic E-state index is 13.1. The van der Waals surface area contributed by atoms with Gasteiger partial charge in [-0.05, 0) is 61.0 Å². The van der Waals surface area contributed by atoms with Crippen molar-refractivity contribution >= 4 is 57.9 Å². The highest BCUT2D eigenvalue weighted by molar-refractivity contribution is 7.98. The molecular weight excluding hydrogens is 552 g/mol. The maximum Gasteiger partial charge on any atom is 0.275 e. The SMILES string of the molecule is Cc1ccc(Cl)cc1-n1c(SCc2nc(C(=O)Nc3ccc(F)cc3)cs2)nnc1-c1ccccc1Cl. The van der Waals surface area contributed by atoms with Gasteiger partial charge in [0.05, 0.1) is 16.5 Å². The van der Waals surface area contributed by atoms with Crippen LogP contribution in [0, 0.1) is 12.7 Å². The molecule has 1 N–H and O–H groups in total. The lowest BCUT2D eigenvalue weighted by Gasteiger charge is -2.14. The van der Waals surface area contributed by atoms with Crippen LogP contribution in [0.1, 0.15) is 21.1 Å². The number of nitrogens with zero attached hydrogens (tertiary/aromatic N) is 4. The number of halogens is 3. The largest absolute Gasteiger partial charge is 0.321 e. The fourth-order valence-corrected chi connectivity index (χ4v) is 5.68. The van der Waals surface area contributed by atoms with Crippen LogP contribution in [0.25, 0.3) is 17.1 Å². The summed E-state index contributed by atoms with van der Waals surface area (Å²) in [6.07, 6.45) is 0. The van der Waals surface area contributed by atoms with Crippen LogP contribution in [-0.4, -0.2) is 25.7 Å². The van der Waals surface area contributed by atoms with Crippen LogP contribution in [0.2, 0.25) is 10.0 Å². The van der Waals surface area contributed by atoms with Crippen LogP contribution in [0.4, 0.5) is 10.1 Å². The van der Waals surface area contributed by atoms with Gasteiger partial charge in [0.1, 0.15) is 16.5 Å². The van der Waals surface area contributed by atoms with Gasteiger partial charge >= 0.3 is 0 Å². The third-order valence-electron chi connectivity index (χ3n) is 5.37. The lowest BCUT2D eigenvalue weighted by atomic mass is 10.1. The van der Waals surface area contributed by atoms with Gasteiger partial charge in [0.2, 0.25) is 0 Å². The van der Waals surface area contributed by atoms with E-state index >= 15 is 0 Å². The molecule has 0 radical (unpaired) electrons. The van der Waals surface area contributed by atoms with E-state index in [1.54, 1.807) is 5.38 Å². The molecule has 186 valence electrons. The number of carbonyl (C=O) groups is 1. The predicted molar refractivity (Wildman–Crippen MR) is 148 cm³/mol. The second-order valence-corrected chi connectivity index (χ2v) is 10.7. The van der Waals surface area contributed by atoms with Crippen molar-refractivity contribution in [2.45, 2.75) is 17.8 Å². The summed E-state index contributed by atoms with van der Waals surface area (Å²) in [5.41, 5.74) is 3.36. The summed E-state index contributed by atoms with van der Waals surface area (Å²) in [6.45, 7) is 1.99. The third kappa shape index (κ3) is 5.70. The van der Waals surface area contributed by atoms with Crippen molar-refractivity contribution in [1.82, 2.24) is 19.7 Å². The van der Waals surface area contributed by atoms with Crippen LogP contribution < -0.4 is 5.32 Å². The molecule has 0 atom stereocenters. The third-order valence-corrected chi connectivity index (χ3v) is 7.91. The molecule has 0 fully saturated rings. The molecule has 5 rings (SSSR count). The summed E-state index contributed by atoms with van der Waals surface area (Å²) < 4.78 is 15.1. The van der Waals surface area contributed by atoms with E-state index in [0.717, 1.165) is 21.8 Å². The number of thioether (sulfide) groups is 1. The number of hydrogen-bond acceptors (Lipinski definition) is 6. The fraction of sp³-hybridized carbons (Fsp3) is 0.0769. The van der Waals surface area contributed by atoms with E-state index in [1.807, 2.05) is 54.0 Å². The van der Waals surface area contributed by atoms with Crippen molar-refractivity contribution in [3.8, 4) is 17.1 Å². The topological polar surface area (TPSA) is 72.7 Å². The van der Waals surface area contributed by atoms with Crippen molar-refractivity contribution in [3.63, 3.8) is 0 Å². The first-order valence-corrected chi connectivity index (χ1v) is 13.6. The minimum Gasteiger partial charge on any atom is -0.321 e. The number of rotatable bonds is 7. The summed E-state index contributed by atoms with van der Waals surface area (Å²) in [6, 6.07) is 18.7. The molecule has 0 aliphatic rings. The molecule has 2 aromatic heterocycles. The monoisotopic (exact) mass is 569 g/mol. The smallest absolute Gasteiger partial charge is 0.275 e. The van der Waals surface area contributed by atoms with Gasteiger partial charge in [0, 0.05) is 21.7 Å². The van der Waals surface area contributed by atoms with Gasteiger partial charge in [-0.2, -0.15) is 0 Å². The maximum atomic E-state index is 13.1. The number of nitrogens with one attached hydrogen (secondary N) is 1.